The lowest BCUT2D eigenvalue weighted by atomic mass is 10.2. The van der Waals surface area contributed by atoms with Crippen molar-refractivity contribution < 1.29 is 13.9 Å². The summed E-state index contributed by atoms with van der Waals surface area (Å²) in [5, 5.41) is 0. The van der Waals surface area contributed by atoms with Gasteiger partial charge in [0.1, 0.15) is 12.4 Å². The van der Waals surface area contributed by atoms with Crippen LogP contribution in [0, 0.1) is 0 Å². The molecule has 0 atom stereocenters. The maximum atomic E-state index is 12.2. The van der Waals surface area contributed by atoms with Crippen molar-refractivity contribution in [3.63, 3.8) is 0 Å². The Balaban J connectivity index is 1.91. The van der Waals surface area contributed by atoms with Crippen LogP contribution in [-0.4, -0.2) is 29.1 Å². The third-order valence-electron chi connectivity index (χ3n) is 2.84. The van der Waals surface area contributed by atoms with Gasteiger partial charge in [-0.3, -0.25) is 4.79 Å². The zero-order valence-corrected chi connectivity index (χ0v) is 11.3. The van der Waals surface area contributed by atoms with E-state index in [9.17, 15) is 4.79 Å². The van der Waals surface area contributed by atoms with Gasteiger partial charge in [-0.1, -0.05) is 0 Å². The number of carbonyl (C=O) groups excluding carboxylic acids is 1. The lowest BCUT2D eigenvalue weighted by molar-refractivity contribution is -0.142. The number of furan rings is 1. The van der Waals surface area contributed by atoms with Crippen molar-refractivity contribution in [3.05, 3.63) is 24.2 Å². The van der Waals surface area contributed by atoms with Crippen LogP contribution in [0.15, 0.2) is 22.8 Å². The van der Waals surface area contributed by atoms with Crippen LogP contribution >= 0.6 is 0 Å². The van der Waals surface area contributed by atoms with E-state index in [-0.39, 0.29) is 18.1 Å². The highest BCUT2D eigenvalue weighted by Crippen LogP contribution is 2.28. The van der Waals surface area contributed by atoms with E-state index in [1.54, 1.807) is 6.26 Å². The normalized spacial score (nSPS) is 15.7. The van der Waals surface area contributed by atoms with E-state index in [0.29, 0.717) is 12.6 Å². The van der Waals surface area contributed by atoms with Gasteiger partial charge in [0.05, 0.1) is 18.4 Å². The zero-order chi connectivity index (χ0) is 13.2. The highest BCUT2D eigenvalue weighted by atomic mass is 16.5. The van der Waals surface area contributed by atoms with Gasteiger partial charge in [0, 0.05) is 6.04 Å². The Labute approximate surface area is 108 Å². The van der Waals surface area contributed by atoms with Crippen LogP contribution in [0.4, 0.5) is 0 Å². The van der Waals surface area contributed by atoms with Gasteiger partial charge < -0.3 is 14.1 Å². The molecule has 1 aromatic rings. The summed E-state index contributed by atoms with van der Waals surface area (Å²) in [7, 11) is 0. The van der Waals surface area contributed by atoms with Crippen molar-refractivity contribution in [2.75, 3.05) is 6.61 Å². The van der Waals surface area contributed by atoms with Crippen LogP contribution < -0.4 is 0 Å². The summed E-state index contributed by atoms with van der Waals surface area (Å²) in [6.07, 6.45) is 3.81. The standard InChI is InChI=1S/C14H21NO3/c1-14(2,3)18-10-13(16)15(11-6-7-11)9-12-5-4-8-17-12/h4-5,8,11H,6-7,9-10H2,1-3H3. The molecule has 1 aromatic heterocycles. The third-order valence-corrected chi connectivity index (χ3v) is 2.84. The first kappa shape index (κ1) is 13.1. The Hall–Kier alpha value is -1.29. The first-order valence-electron chi connectivity index (χ1n) is 6.41. The minimum atomic E-state index is -0.282. The molecule has 1 saturated carbocycles. The summed E-state index contributed by atoms with van der Waals surface area (Å²) in [4.78, 5) is 14.0. The Morgan fingerprint density at radius 1 is 1.50 bits per heavy atom. The fourth-order valence-electron chi connectivity index (χ4n) is 1.74. The largest absolute Gasteiger partial charge is 0.467 e. The predicted molar refractivity (Wildman–Crippen MR) is 68.0 cm³/mol. The van der Waals surface area contributed by atoms with Gasteiger partial charge in [0.2, 0.25) is 5.91 Å². The average Bonchev–Trinajstić information content (AvgIpc) is 2.99. The Kier molecular flexibility index (Phi) is 3.76. The van der Waals surface area contributed by atoms with Gasteiger partial charge in [-0.25, -0.2) is 0 Å². The molecule has 18 heavy (non-hydrogen) atoms. The molecule has 0 radical (unpaired) electrons. The van der Waals surface area contributed by atoms with E-state index in [1.165, 1.54) is 0 Å². The molecule has 0 saturated heterocycles. The van der Waals surface area contributed by atoms with Gasteiger partial charge in [-0.15, -0.1) is 0 Å². The first-order valence-corrected chi connectivity index (χ1v) is 6.41. The number of nitrogens with zero attached hydrogens (tertiary/aromatic N) is 1. The van der Waals surface area contributed by atoms with Crippen molar-refractivity contribution in [1.82, 2.24) is 4.90 Å². The van der Waals surface area contributed by atoms with E-state index in [1.807, 2.05) is 37.8 Å². The molecule has 1 amide bonds. The molecule has 0 unspecified atom stereocenters. The van der Waals surface area contributed by atoms with Crippen LogP contribution in [0.5, 0.6) is 0 Å². The van der Waals surface area contributed by atoms with E-state index < -0.39 is 0 Å². The molecule has 0 N–H and O–H groups in total. The van der Waals surface area contributed by atoms with E-state index in [2.05, 4.69) is 0 Å². The molecule has 4 nitrogen and oxygen atoms in total. The second kappa shape index (κ2) is 5.14. The van der Waals surface area contributed by atoms with Crippen LogP contribution in [0.2, 0.25) is 0 Å². The summed E-state index contributed by atoms with van der Waals surface area (Å²) < 4.78 is 10.9. The molecule has 1 aliphatic carbocycles. The average molecular weight is 251 g/mol. The maximum Gasteiger partial charge on any atom is 0.249 e. The quantitative estimate of drug-likeness (QED) is 0.807. The lowest BCUT2D eigenvalue weighted by Gasteiger charge is -2.24. The Bertz CT molecular complexity index is 388. The highest BCUT2D eigenvalue weighted by Gasteiger charge is 2.33. The number of hydrogen-bond donors (Lipinski definition) is 0. The molecule has 0 bridgehead atoms. The van der Waals surface area contributed by atoms with Crippen LogP contribution in [0.1, 0.15) is 39.4 Å². The molecule has 1 heterocycles. The molecule has 0 aliphatic heterocycles. The summed E-state index contributed by atoms with van der Waals surface area (Å²) in [6, 6.07) is 4.11. The molecular weight excluding hydrogens is 230 g/mol. The van der Waals surface area contributed by atoms with Crippen molar-refractivity contribution >= 4 is 5.91 Å². The minimum Gasteiger partial charge on any atom is -0.467 e. The number of rotatable bonds is 5. The van der Waals surface area contributed by atoms with E-state index in [0.717, 1.165) is 18.6 Å². The van der Waals surface area contributed by atoms with Gasteiger partial charge in [-0.05, 0) is 45.7 Å². The number of carbonyl (C=O) groups is 1. The zero-order valence-electron chi connectivity index (χ0n) is 11.3. The fourth-order valence-corrected chi connectivity index (χ4v) is 1.74. The van der Waals surface area contributed by atoms with E-state index >= 15 is 0 Å². The summed E-state index contributed by atoms with van der Waals surface area (Å²) >= 11 is 0. The first-order chi connectivity index (χ1) is 8.46. The van der Waals surface area contributed by atoms with Crippen molar-refractivity contribution in [3.8, 4) is 0 Å². The van der Waals surface area contributed by atoms with Crippen molar-refractivity contribution in [2.45, 2.75) is 51.8 Å². The molecule has 2 rings (SSSR count). The fraction of sp³-hybridized carbons (Fsp3) is 0.643. The SMILES string of the molecule is CC(C)(C)OCC(=O)N(Cc1ccco1)C1CC1. The van der Waals surface area contributed by atoms with Crippen molar-refractivity contribution in [2.24, 2.45) is 0 Å². The molecule has 0 aromatic carbocycles. The van der Waals surface area contributed by atoms with Crippen molar-refractivity contribution in [1.29, 1.82) is 0 Å². The number of amides is 1. The molecule has 4 heteroatoms. The summed E-state index contributed by atoms with van der Waals surface area (Å²) in [5.74, 6) is 0.870. The minimum absolute atomic E-state index is 0.0452. The van der Waals surface area contributed by atoms with Crippen LogP contribution in [-0.2, 0) is 16.1 Å². The van der Waals surface area contributed by atoms with Gasteiger partial charge >= 0.3 is 0 Å². The topological polar surface area (TPSA) is 42.7 Å². The Morgan fingerprint density at radius 3 is 2.72 bits per heavy atom. The lowest BCUT2D eigenvalue weighted by Crippen LogP contribution is -2.37. The number of ether oxygens (including phenoxy) is 1. The van der Waals surface area contributed by atoms with Crippen LogP contribution in [0.3, 0.4) is 0 Å². The van der Waals surface area contributed by atoms with E-state index in [4.69, 9.17) is 9.15 Å². The summed E-state index contributed by atoms with van der Waals surface area (Å²) in [5.41, 5.74) is -0.282. The molecule has 1 aliphatic rings. The van der Waals surface area contributed by atoms with Crippen LogP contribution in [0.25, 0.3) is 0 Å². The second-order valence-electron chi connectivity index (χ2n) is 5.73. The third kappa shape index (κ3) is 3.88. The predicted octanol–water partition coefficient (Wildman–Crippen LogP) is 2.59. The molecular formula is C14H21NO3. The molecule has 1 fully saturated rings. The highest BCUT2D eigenvalue weighted by molar-refractivity contribution is 5.78. The maximum absolute atomic E-state index is 12.2. The molecule has 0 spiro atoms. The summed E-state index contributed by atoms with van der Waals surface area (Å²) in [6.45, 7) is 6.54. The van der Waals surface area contributed by atoms with Gasteiger partial charge in [-0.2, -0.15) is 0 Å². The monoisotopic (exact) mass is 251 g/mol. The molecule has 100 valence electrons. The van der Waals surface area contributed by atoms with Gasteiger partial charge in [0.15, 0.2) is 0 Å². The smallest absolute Gasteiger partial charge is 0.249 e. The second-order valence-corrected chi connectivity index (χ2v) is 5.73. The number of hydrogen-bond acceptors (Lipinski definition) is 3. The Morgan fingerprint density at radius 2 is 2.22 bits per heavy atom. The van der Waals surface area contributed by atoms with Gasteiger partial charge in [0.25, 0.3) is 0 Å².